The smallest absolute Gasteiger partial charge is 0.244 e. The normalized spacial score (nSPS) is 17.0. The first kappa shape index (κ1) is 16.1. The Bertz CT molecular complexity index is 485. The standard InChI is InChI=1S/C16H23BrN2O2/c1-12(16(20)19-9-5-3-4-6-10-19)18-13-7-8-15(21-2)14(17)11-13/h7-8,11-12,18H,3-6,9-10H2,1-2H3. The Kier molecular flexibility index (Phi) is 5.91. The minimum atomic E-state index is -0.219. The average molecular weight is 355 g/mol. The lowest BCUT2D eigenvalue weighted by molar-refractivity contribution is -0.131. The number of rotatable bonds is 4. The number of benzene rings is 1. The summed E-state index contributed by atoms with van der Waals surface area (Å²) in [4.78, 5) is 14.5. The number of carbonyl (C=O) groups excluding carboxylic acids is 1. The van der Waals surface area contributed by atoms with Crippen LogP contribution >= 0.6 is 15.9 Å². The Labute approximate surface area is 135 Å². The van der Waals surface area contributed by atoms with Crippen molar-refractivity contribution in [3.8, 4) is 5.75 Å². The number of halogens is 1. The quantitative estimate of drug-likeness (QED) is 0.896. The monoisotopic (exact) mass is 354 g/mol. The van der Waals surface area contributed by atoms with Crippen molar-refractivity contribution in [1.82, 2.24) is 4.90 Å². The van der Waals surface area contributed by atoms with Crippen molar-refractivity contribution in [1.29, 1.82) is 0 Å². The summed E-state index contributed by atoms with van der Waals surface area (Å²) in [6.45, 7) is 3.69. The number of anilines is 1. The van der Waals surface area contributed by atoms with Crippen LogP contribution in [0.5, 0.6) is 5.75 Å². The fourth-order valence-electron chi connectivity index (χ4n) is 2.63. The molecule has 1 aliphatic rings. The maximum Gasteiger partial charge on any atom is 0.244 e. The van der Waals surface area contributed by atoms with E-state index in [1.165, 1.54) is 12.8 Å². The summed E-state index contributed by atoms with van der Waals surface area (Å²) >= 11 is 3.46. The molecule has 1 atom stereocenters. The van der Waals surface area contributed by atoms with Gasteiger partial charge in [-0.2, -0.15) is 0 Å². The van der Waals surface area contributed by atoms with E-state index in [1.807, 2.05) is 30.0 Å². The highest BCUT2D eigenvalue weighted by Crippen LogP contribution is 2.28. The molecule has 1 unspecified atom stereocenters. The zero-order valence-corrected chi connectivity index (χ0v) is 14.3. The molecule has 1 amide bonds. The van der Waals surface area contributed by atoms with Gasteiger partial charge in [-0.05, 0) is 53.9 Å². The summed E-state index contributed by atoms with van der Waals surface area (Å²) in [5, 5.41) is 3.27. The van der Waals surface area contributed by atoms with Crippen LogP contribution in [-0.2, 0) is 4.79 Å². The maximum atomic E-state index is 12.5. The van der Waals surface area contributed by atoms with Gasteiger partial charge in [-0.3, -0.25) is 4.79 Å². The van der Waals surface area contributed by atoms with Gasteiger partial charge >= 0.3 is 0 Å². The third-order valence-corrected chi connectivity index (χ3v) is 4.44. The van der Waals surface area contributed by atoms with E-state index in [4.69, 9.17) is 4.74 Å². The van der Waals surface area contributed by atoms with E-state index in [9.17, 15) is 4.79 Å². The molecular formula is C16H23BrN2O2. The van der Waals surface area contributed by atoms with Gasteiger partial charge in [0, 0.05) is 18.8 Å². The minimum absolute atomic E-state index is 0.184. The van der Waals surface area contributed by atoms with Crippen molar-refractivity contribution in [3.63, 3.8) is 0 Å². The van der Waals surface area contributed by atoms with E-state index in [0.717, 1.165) is 41.8 Å². The lowest BCUT2D eigenvalue weighted by Gasteiger charge is -2.25. The van der Waals surface area contributed by atoms with Gasteiger partial charge in [0.15, 0.2) is 0 Å². The summed E-state index contributed by atoms with van der Waals surface area (Å²) in [6.07, 6.45) is 4.70. The number of likely N-dealkylation sites (tertiary alicyclic amines) is 1. The van der Waals surface area contributed by atoms with Crippen molar-refractivity contribution < 1.29 is 9.53 Å². The lowest BCUT2D eigenvalue weighted by Crippen LogP contribution is -2.41. The van der Waals surface area contributed by atoms with Crippen LogP contribution in [0.2, 0.25) is 0 Å². The topological polar surface area (TPSA) is 41.6 Å². The minimum Gasteiger partial charge on any atom is -0.496 e. The van der Waals surface area contributed by atoms with Crippen LogP contribution in [0.15, 0.2) is 22.7 Å². The summed E-state index contributed by atoms with van der Waals surface area (Å²) < 4.78 is 6.09. The molecule has 116 valence electrons. The molecule has 1 fully saturated rings. The van der Waals surface area contributed by atoms with Crippen LogP contribution in [0.25, 0.3) is 0 Å². The number of amides is 1. The van der Waals surface area contributed by atoms with Crippen LogP contribution in [0.1, 0.15) is 32.6 Å². The number of nitrogens with zero attached hydrogens (tertiary/aromatic N) is 1. The first-order valence-corrected chi connectivity index (χ1v) is 8.30. The van der Waals surface area contributed by atoms with Gasteiger partial charge in [0.25, 0.3) is 0 Å². The second kappa shape index (κ2) is 7.69. The summed E-state index contributed by atoms with van der Waals surface area (Å²) in [7, 11) is 1.64. The zero-order chi connectivity index (χ0) is 15.2. The Morgan fingerprint density at radius 1 is 1.29 bits per heavy atom. The largest absolute Gasteiger partial charge is 0.496 e. The van der Waals surface area contributed by atoms with Crippen molar-refractivity contribution in [2.75, 3.05) is 25.5 Å². The predicted molar refractivity (Wildman–Crippen MR) is 88.8 cm³/mol. The van der Waals surface area contributed by atoms with Crippen LogP contribution in [0, 0.1) is 0 Å². The molecule has 2 rings (SSSR count). The fourth-order valence-corrected chi connectivity index (χ4v) is 3.17. The van der Waals surface area contributed by atoms with Crippen molar-refractivity contribution in [2.45, 2.75) is 38.6 Å². The van der Waals surface area contributed by atoms with Crippen LogP contribution in [0.4, 0.5) is 5.69 Å². The van der Waals surface area contributed by atoms with Gasteiger partial charge in [-0.15, -0.1) is 0 Å². The molecule has 0 spiro atoms. The van der Waals surface area contributed by atoms with Gasteiger partial charge in [0.05, 0.1) is 11.6 Å². The first-order chi connectivity index (χ1) is 10.1. The van der Waals surface area contributed by atoms with E-state index in [0.29, 0.717) is 0 Å². The van der Waals surface area contributed by atoms with Gasteiger partial charge in [0.1, 0.15) is 11.8 Å². The van der Waals surface area contributed by atoms with Crippen molar-refractivity contribution in [2.24, 2.45) is 0 Å². The third-order valence-electron chi connectivity index (χ3n) is 3.82. The zero-order valence-electron chi connectivity index (χ0n) is 12.7. The van der Waals surface area contributed by atoms with Crippen molar-refractivity contribution in [3.05, 3.63) is 22.7 Å². The highest BCUT2D eigenvalue weighted by atomic mass is 79.9. The van der Waals surface area contributed by atoms with Gasteiger partial charge in [0.2, 0.25) is 5.91 Å². The van der Waals surface area contributed by atoms with Gasteiger partial charge < -0.3 is 15.0 Å². The SMILES string of the molecule is COc1ccc(NC(C)C(=O)N2CCCCCC2)cc1Br. The molecule has 1 N–H and O–H groups in total. The van der Waals surface area contributed by atoms with Crippen LogP contribution in [0.3, 0.4) is 0 Å². The number of hydrogen-bond donors (Lipinski definition) is 1. The molecule has 4 nitrogen and oxygen atoms in total. The molecule has 0 bridgehead atoms. The molecule has 0 saturated carbocycles. The molecule has 21 heavy (non-hydrogen) atoms. The molecule has 0 radical (unpaired) electrons. The molecule has 5 heteroatoms. The maximum absolute atomic E-state index is 12.5. The molecule has 1 aliphatic heterocycles. The highest BCUT2D eigenvalue weighted by molar-refractivity contribution is 9.10. The second-order valence-electron chi connectivity index (χ2n) is 5.45. The Morgan fingerprint density at radius 2 is 1.95 bits per heavy atom. The van der Waals surface area contributed by atoms with E-state index in [1.54, 1.807) is 7.11 Å². The predicted octanol–water partition coefficient (Wildman–Crippen LogP) is 3.66. The Hall–Kier alpha value is -1.23. The summed E-state index contributed by atoms with van der Waals surface area (Å²) in [5.41, 5.74) is 0.915. The lowest BCUT2D eigenvalue weighted by atomic mass is 10.2. The van der Waals surface area contributed by atoms with Gasteiger partial charge in [-0.25, -0.2) is 0 Å². The van der Waals surface area contributed by atoms with Crippen LogP contribution in [-0.4, -0.2) is 37.0 Å². The summed E-state index contributed by atoms with van der Waals surface area (Å²) in [6, 6.07) is 5.53. The summed E-state index contributed by atoms with van der Waals surface area (Å²) in [5.74, 6) is 0.968. The van der Waals surface area contributed by atoms with E-state index in [2.05, 4.69) is 21.2 Å². The Balaban J connectivity index is 1.98. The molecule has 0 aromatic heterocycles. The molecule has 1 heterocycles. The number of ether oxygens (including phenoxy) is 1. The third kappa shape index (κ3) is 4.37. The number of methoxy groups -OCH3 is 1. The van der Waals surface area contributed by atoms with Crippen molar-refractivity contribution >= 4 is 27.5 Å². The molecular weight excluding hydrogens is 332 g/mol. The molecule has 1 saturated heterocycles. The van der Waals surface area contributed by atoms with Crippen LogP contribution < -0.4 is 10.1 Å². The van der Waals surface area contributed by atoms with E-state index < -0.39 is 0 Å². The number of nitrogens with one attached hydrogen (secondary N) is 1. The molecule has 0 aliphatic carbocycles. The van der Waals surface area contributed by atoms with E-state index >= 15 is 0 Å². The molecule has 1 aromatic carbocycles. The number of carbonyl (C=O) groups is 1. The fraction of sp³-hybridized carbons (Fsp3) is 0.562. The van der Waals surface area contributed by atoms with E-state index in [-0.39, 0.29) is 11.9 Å². The first-order valence-electron chi connectivity index (χ1n) is 7.50. The number of hydrogen-bond acceptors (Lipinski definition) is 3. The average Bonchev–Trinajstić information content (AvgIpc) is 2.75. The van der Waals surface area contributed by atoms with Gasteiger partial charge in [-0.1, -0.05) is 12.8 Å². The Morgan fingerprint density at radius 3 is 2.52 bits per heavy atom. The highest BCUT2D eigenvalue weighted by Gasteiger charge is 2.21. The second-order valence-corrected chi connectivity index (χ2v) is 6.31. The molecule has 1 aromatic rings.